The molecule has 0 aliphatic carbocycles. The molecule has 1 atom stereocenters. The Kier molecular flexibility index (Phi) is 4.54. The maximum atomic E-state index is 4.34. The van der Waals surface area contributed by atoms with E-state index in [4.69, 9.17) is 0 Å². The van der Waals surface area contributed by atoms with Crippen molar-refractivity contribution in [3.8, 4) is 0 Å². The molecule has 1 aliphatic heterocycles. The summed E-state index contributed by atoms with van der Waals surface area (Å²) in [4.78, 5) is 6.73. The van der Waals surface area contributed by atoms with Crippen molar-refractivity contribution in [2.45, 2.75) is 25.8 Å². The highest BCUT2D eigenvalue weighted by atomic mass is 32.2. The van der Waals surface area contributed by atoms with Gasteiger partial charge in [-0.3, -0.25) is 0 Å². The van der Waals surface area contributed by atoms with E-state index >= 15 is 0 Å². The highest BCUT2D eigenvalue weighted by Crippen LogP contribution is 2.26. The molecule has 17 heavy (non-hydrogen) atoms. The third-order valence-corrected chi connectivity index (χ3v) is 4.31. The van der Waals surface area contributed by atoms with Gasteiger partial charge in [0.15, 0.2) is 0 Å². The second-order valence-corrected chi connectivity index (χ2v) is 5.60. The van der Waals surface area contributed by atoms with Crippen molar-refractivity contribution < 1.29 is 0 Å². The molecule has 1 unspecified atom stereocenters. The number of hydrogen-bond donors (Lipinski definition) is 1. The van der Waals surface area contributed by atoms with Crippen molar-refractivity contribution >= 4 is 23.3 Å². The van der Waals surface area contributed by atoms with E-state index in [1.807, 2.05) is 6.20 Å². The maximum absolute atomic E-state index is 4.34. The van der Waals surface area contributed by atoms with E-state index in [0.717, 1.165) is 18.8 Å². The van der Waals surface area contributed by atoms with Crippen LogP contribution in [0.2, 0.25) is 0 Å². The van der Waals surface area contributed by atoms with Crippen LogP contribution in [-0.2, 0) is 0 Å². The lowest BCUT2D eigenvalue weighted by atomic mass is 10.2. The molecule has 4 heteroatoms. The molecule has 94 valence electrons. The molecule has 2 rings (SSSR count). The van der Waals surface area contributed by atoms with Crippen LogP contribution in [0.5, 0.6) is 0 Å². The molecule has 0 bridgehead atoms. The van der Waals surface area contributed by atoms with Crippen molar-refractivity contribution in [3.63, 3.8) is 0 Å². The SMILES string of the molecule is CCCNc1cc(N(C)C2CCSC2)ccn1. The fraction of sp³-hybridized carbons (Fsp3) is 0.615. The van der Waals surface area contributed by atoms with Crippen molar-refractivity contribution in [2.24, 2.45) is 0 Å². The minimum absolute atomic E-state index is 0.682. The maximum Gasteiger partial charge on any atom is 0.127 e. The molecule has 0 saturated carbocycles. The number of thioether (sulfide) groups is 1. The summed E-state index contributed by atoms with van der Waals surface area (Å²) in [5, 5.41) is 3.34. The number of aromatic nitrogens is 1. The van der Waals surface area contributed by atoms with E-state index in [2.05, 4.69) is 53.1 Å². The molecule has 1 aromatic rings. The predicted molar refractivity (Wildman–Crippen MR) is 77.2 cm³/mol. The second kappa shape index (κ2) is 6.15. The van der Waals surface area contributed by atoms with Crippen LogP contribution in [0.4, 0.5) is 11.5 Å². The molecule has 1 saturated heterocycles. The van der Waals surface area contributed by atoms with Crippen molar-refractivity contribution in [3.05, 3.63) is 18.3 Å². The number of anilines is 2. The molecule has 2 heterocycles. The predicted octanol–water partition coefficient (Wildman–Crippen LogP) is 2.85. The average Bonchev–Trinajstić information content (AvgIpc) is 2.89. The lowest BCUT2D eigenvalue weighted by Gasteiger charge is -2.26. The summed E-state index contributed by atoms with van der Waals surface area (Å²) in [6, 6.07) is 4.93. The van der Waals surface area contributed by atoms with E-state index in [-0.39, 0.29) is 0 Å². The Morgan fingerprint density at radius 1 is 1.59 bits per heavy atom. The van der Waals surface area contributed by atoms with Gasteiger partial charge in [-0.25, -0.2) is 4.98 Å². The number of pyridine rings is 1. The van der Waals surface area contributed by atoms with Gasteiger partial charge in [0.1, 0.15) is 5.82 Å². The molecule has 3 nitrogen and oxygen atoms in total. The fourth-order valence-electron chi connectivity index (χ4n) is 2.03. The number of nitrogens with zero attached hydrogens (tertiary/aromatic N) is 2. The van der Waals surface area contributed by atoms with Gasteiger partial charge in [-0.1, -0.05) is 6.92 Å². The molecule has 1 N–H and O–H groups in total. The van der Waals surface area contributed by atoms with Gasteiger partial charge in [-0.2, -0.15) is 11.8 Å². The lowest BCUT2D eigenvalue weighted by Crippen LogP contribution is -2.31. The van der Waals surface area contributed by atoms with Gasteiger partial charge in [-0.05, 0) is 24.7 Å². The fourth-order valence-corrected chi connectivity index (χ4v) is 3.29. The van der Waals surface area contributed by atoms with Gasteiger partial charge in [0.25, 0.3) is 0 Å². The lowest BCUT2D eigenvalue weighted by molar-refractivity contribution is 0.700. The Balaban J connectivity index is 2.03. The smallest absolute Gasteiger partial charge is 0.127 e. The Morgan fingerprint density at radius 2 is 2.47 bits per heavy atom. The van der Waals surface area contributed by atoms with Crippen molar-refractivity contribution in [1.82, 2.24) is 4.98 Å². The Bertz CT molecular complexity index is 350. The van der Waals surface area contributed by atoms with Crippen LogP contribution >= 0.6 is 11.8 Å². The van der Waals surface area contributed by atoms with Gasteiger partial charge < -0.3 is 10.2 Å². The van der Waals surface area contributed by atoms with E-state index in [1.165, 1.54) is 23.6 Å². The molecule has 0 amide bonds. The average molecular weight is 251 g/mol. The Morgan fingerprint density at radius 3 is 3.18 bits per heavy atom. The van der Waals surface area contributed by atoms with Crippen LogP contribution in [0, 0.1) is 0 Å². The van der Waals surface area contributed by atoms with E-state index in [9.17, 15) is 0 Å². The summed E-state index contributed by atoms with van der Waals surface area (Å²) >= 11 is 2.05. The van der Waals surface area contributed by atoms with Gasteiger partial charge >= 0.3 is 0 Å². The van der Waals surface area contributed by atoms with Crippen LogP contribution in [0.1, 0.15) is 19.8 Å². The molecule has 0 spiro atoms. The van der Waals surface area contributed by atoms with Crippen LogP contribution < -0.4 is 10.2 Å². The van der Waals surface area contributed by atoms with Gasteiger partial charge in [-0.15, -0.1) is 0 Å². The minimum atomic E-state index is 0.682. The first-order chi connectivity index (χ1) is 8.31. The molecule has 1 aliphatic rings. The summed E-state index contributed by atoms with van der Waals surface area (Å²) < 4.78 is 0. The monoisotopic (exact) mass is 251 g/mol. The van der Waals surface area contributed by atoms with Gasteiger partial charge in [0, 0.05) is 43.3 Å². The largest absolute Gasteiger partial charge is 0.371 e. The zero-order chi connectivity index (χ0) is 12.1. The van der Waals surface area contributed by atoms with Crippen LogP contribution in [0.15, 0.2) is 18.3 Å². The molecule has 0 radical (unpaired) electrons. The number of rotatable bonds is 5. The molecule has 1 aromatic heterocycles. The van der Waals surface area contributed by atoms with Crippen LogP contribution in [0.3, 0.4) is 0 Å². The third-order valence-electron chi connectivity index (χ3n) is 3.16. The van der Waals surface area contributed by atoms with E-state index in [1.54, 1.807) is 0 Å². The molecule has 1 fully saturated rings. The minimum Gasteiger partial charge on any atom is -0.371 e. The van der Waals surface area contributed by atoms with Gasteiger partial charge in [0.05, 0.1) is 0 Å². The second-order valence-electron chi connectivity index (χ2n) is 4.45. The van der Waals surface area contributed by atoms with E-state index in [0.29, 0.717) is 6.04 Å². The number of hydrogen-bond acceptors (Lipinski definition) is 4. The summed E-state index contributed by atoms with van der Waals surface area (Å²) in [6.45, 7) is 3.15. The summed E-state index contributed by atoms with van der Waals surface area (Å²) in [5.74, 6) is 3.53. The number of nitrogens with one attached hydrogen (secondary N) is 1. The standard InChI is InChI=1S/C13H21N3S/c1-3-6-14-13-9-11(4-7-15-13)16(2)12-5-8-17-10-12/h4,7,9,12H,3,5-6,8,10H2,1-2H3,(H,14,15). The first-order valence-electron chi connectivity index (χ1n) is 6.31. The van der Waals surface area contributed by atoms with Gasteiger partial charge in [0.2, 0.25) is 0 Å². The summed E-state index contributed by atoms with van der Waals surface area (Å²) in [5.41, 5.74) is 1.27. The topological polar surface area (TPSA) is 28.2 Å². The van der Waals surface area contributed by atoms with E-state index < -0.39 is 0 Å². The van der Waals surface area contributed by atoms with Crippen molar-refractivity contribution in [1.29, 1.82) is 0 Å². The molecular formula is C13H21N3S. The highest BCUT2D eigenvalue weighted by Gasteiger charge is 2.20. The molecule has 0 aromatic carbocycles. The quantitative estimate of drug-likeness (QED) is 0.871. The first kappa shape index (κ1) is 12.6. The summed E-state index contributed by atoms with van der Waals surface area (Å²) in [7, 11) is 2.19. The summed E-state index contributed by atoms with van der Waals surface area (Å²) in [6.07, 6.45) is 4.31. The first-order valence-corrected chi connectivity index (χ1v) is 7.47. The highest BCUT2D eigenvalue weighted by molar-refractivity contribution is 7.99. The zero-order valence-corrected chi connectivity index (χ0v) is 11.5. The van der Waals surface area contributed by atoms with Crippen molar-refractivity contribution in [2.75, 3.05) is 35.3 Å². The van der Waals surface area contributed by atoms with Crippen LogP contribution in [0.25, 0.3) is 0 Å². The van der Waals surface area contributed by atoms with Crippen LogP contribution in [-0.4, -0.2) is 36.1 Å². The molecular weight excluding hydrogens is 230 g/mol. The zero-order valence-electron chi connectivity index (χ0n) is 10.6. The Labute approximate surface area is 108 Å². The normalized spacial score (nSPS) is 19.3. The third kappa shape index (κ3) is 3.28. The Hall–Kier alpha value is -0.900.